The third-order valence-electron chi connectivity index (χ3n) is 4.91. The molecule has 1 aliphatic rings. The van der Waals surface area contributed by atoms with Gasteiger partial charge in [-0.3, -0.25) is 9.58 Å². The van der Waals surface area contributed by atoms with Gasteiger partial charge in [-0.2, -0.15) is 18.3 Å². The molecule has 8 heteroatoms. The van der Waals surface area contributed by atoms with Crippen molar-refractivity contribution in [2.75, 3.05) is 32.8 Å². The highest BCUT2D eigenvalue weighted by Crippen LogP contribution is 2.30. The average molecular weight is 411 g/mol. The van der Waals surface area contributed by atoms with Crippen molar-refractivity contribution in [1.82, 2.24) is 14.7 Å². The molecule has 1 saturated heterocycles. The Morgan fingerprint density at radius 3 is 2.62 bits per heavy atom. The average Bonchev–Trinajstić information content (AvgIpc) is 3.02. The van der Waals surface area contributed by atoms with Crippen molar-refractivity contribution < 1.29 is 22.6 Å². The highest BCUT2D eigenvalue weighted by atomic mass is 19.4. The summed E-state index contributed by atoms with van der Waals surface area (Å²) >= 11 is 0. The highest BCUT2D eigenvalue weighted by Gasteiger charge is 2.30. The molecule has 1 fully saturated rings. The number of alkyl halides is 3. The summed E-state index contributed by atoms with van der Waals surface area (Å²) in [4.78, 5) is 2.40. The van der Waals surface area contributed by atoms with Crippen molar-refractivity contribution >= 4 is 0 Å². The summed E-state index contributed by atoms with van der Waals surface area (Å²) in [5, 5.41) is 4.60. The minimum absolute atomic E-state index is 0.0433. The third-order valence-corrected chi connectivity index (χ3v) is 4.91. The molecule has 0 bridgehead atoms. The van der Waals surface area contributed by atoms with E-state index in [2.05, 4.69) is 23.8 Å². The fourth-order valence-corrected chi connectivity index (χ4v) is 3.50. The van der Waals surface area contributed by atoms with Crippen LogP contribution in [0.2, 0.25) is 0 Å². The van der Waals surface area contributed by atoms with Crippen LogP contribution >= 0.6 is 0 Å². The topological polar surface area (TPSA) is 39.5 Å². The minimum Gasteiger partial charge on any atom is -0.493 e. The maximum absolute atomic E-state index is 12.6. The van der Waals surface area contributed by atoms with Crippen molar-refractivity contribution in [3.8, 4) is 5.75 Å². The first kappa shape index (κ1) is 21.6. The number of morpholine rings is 1. The van der Waals surface area contributed by atoms with E-state index in [1.165, 1.54) is 12.1 Å². The molecule has 0 unspecified atom stereocenters. The van der Waals surface area contributed by atoms with Crippen molar-refractivity contribution in [2.24, 2.45) is 13.0 Å². The van der Waals surface area contributed by atoms with E-state index < -0.39 is 11.7 Å². The molecular weight excluding hydrogens is 383 g/mol. The maximum atomic E-state index is 12.6. The lowest BCUT2D eigenvalue weighted by Gasteiger charge is -2.33. The summed E-state index contributed by atoms with van der Waals surface area (Å²) in [5.41, 5.74) is 1.22. The highest BCUT2D eigenvalue weighted by molar-refractivity contribution is 5.28. The summed E-state index contributed by atoms with van der Waals surface area (Å²) < 4.78 is 51.2. The number of nitrogens with zero attached hydrogens (tertiary/aromatic N) is 3. The lowest BCUT2D eigenvalue weighted by molar-refractivity contribution is -0.137. The Morgan fingerprint density at radius 1 is 1.24 bits per heavy atom. The Balaban J connectivity index is 1.54. The first-order valence-electron chi connectivity index (χ1n) is 9.89. The molecule has 3 rings (SSSR count). The van der Waals surface area contributed by atoms with Gasteiger partial charge in [-0.15, -0.1) is 0 Å². The smallest absolute Gasteiger partial charge is 0.416 e. The molecule has 29 heavy (non-hydrogen) atoms. The molecule has 2 aromatic rings. The number of aromatic nitrogens is 2. The van der Waals surface area contributed by atoms with Gasteiger partial charge in [-0.25, -0.2) is 0 Å². The van der Waals surface area contributed by atoms with Gasteiger partial charge in [0.25, 0.3) is 0 Å². The number of benzene rings is 1. The fourth-order valence-electron chi connectivity index (χ4n) is 3.50. The van der Waals surface area contributed by atoms with Crippen molar-refractivity contribution in [1.29, 1.82) is 0 Å². The maximum Gasteiger partial charge on any atom is 0.416 e. The van der Waals surface area contributed by atoms with E-state index in [1.807, 2.05) is 17.8 Å². The van der Waals surface area contributed by atoms with Crippen LogP contribution in [0, 0.1) is 5.92 Å². The predicted octanol–water partition coefficient (Wildman–Crippen LogP) is 4.09. The van der Waals surface area contributed by atoms with Crippen molar-refractivity contribution in [3.05, 3.63) is 47.3 Å². The molecule has 0 aliphatic carbocycles. The second-order valence-corrected chi connectivity index (χ2v) is 7.82. The zero-order valence-electron chi connectivity index (χ0n) is 17.1. The van der Waals surface area contributed by atoms with E-state index in [0.717, 1.165) is 43.2 Å². The van der Waals surface area contributed by atoms with Gasteiger partial charge in [-0.1, -0.05) is 13.8 Å². The molecule has 0 spiro atoms. The van der Waals surface area contributed by atoms with E-state index in [0.29, 0.717) is 31.3 Å². The van der Waals surface area contributed by atoms with Crippen LogP contribution in [0.5, 0.6) is 5.75 Å². The van der Waals surface area contributed by atoms with Gasteiger partial charge in [0.2, 0.25) is 0 Å². The quantitative estimate of drug-likeness (QED) is 0.688. The van der Waals surface area contributed by atoms with Gasteiger partial charge in [0.15, 0.2) is 0 Å². The van der Waals surface area contributed by atoms with E-state index in [-0.39, 0.29) is 6.10 Å². The van der Waals surface area contributed by atoms with Crippen LogP contribution in [-0.4, -0.2) is 47.5 Å². The largest absolute Gasteiger partial charge is 0.493 e. The summed E-state index contributed by atoms with van der Waals surface area (Å²) in [5.74, 6) is 1.02. The predicted molar refractivity (Wildman–Crippen MR) is 104 cm³/mol. The van der Waals surface area contributed by atoms with Crippen LogP contribution in [0.25, 0.3) is 0 Å². The Bertz CT molecular complexity index is 787. The molecule has 160 valence electrons. The number of hydrogen-bond donors (Lipinski definition) is 0. The monoisotopic (exact) mass is 411 g/mol. The van der Waals surface area contributed by atoms with E-state index in [9.17, 15) is 13.2 Å². The van der Waals surface area contributed by atoms with Crippen LogP contribution in [-0.2, 0) is 24.4 Å². The van der Waals surface area contributed by atoms with Crippen LogP contribution in [0.1, 0.15) is 36.9 Å². The SMILES string of the molecule is CC(C)CN1CCO[C@H](c2cc(CCOc3ccc(C(F)(F)F)cc3)n(C)n2)C1. The number of hydrogen-bond acceptors (Lipinski definition) is 4. The first-order valence-corrected chi connectivity index (χ1v) is 9.89. The lowest BCUT2D eigenvalue weighted by Crippen LogP contribution is -2.40. The van der Waals surface area contributed by atoms with Crippen LogP contribution in [0.4, 0.5) is 13.2 Å². The van der Waals surface area contributed by atoms with E-state index >= 15 is 0 Å². The van der Waals surface area contributed by atoms with Crippen molar-refractivity contribution in [3.63, 3.8) is 0 Å². The Kier molecular flexibility index (Phi) is 6.85. The second kappa shape index (κ2) is 9.17. The Labute approximate surface area is 169 Å². The molecule has 5 nitrogen and oxygen atoms in total. The molecule has 0 amide bonds. The lowest BCUT2D eigenvalue weighted by atomic mass is 10.1. The van der Waals surface area contributed by atoms with Crippen LogP contribution in [0.15, 0.2) is 30.3 Å². The Hall–Kier alpha value is -2.06. The summed E-state index contributed by atoms with van der Waals surface area (Å²) in [6.45, 7) is 8.28. The van der Waals surface area contributed by atoms with E-state index in [4.69, 9.17) is 9.47 Å². The van der Waals surface area contributed by atoms with Gasteiger partial charge in [0.05, 0.1) is 24.5 Å². The Morgan fingerprint density at radius 2 is 1.97 bits per heavy atom. The minimum atomic E-state index is -4.34. The molecular formula is C21H28F3N3O2. The zero-order valence-corrected chi connectivity index (χ0v) is 17.1. The van der Waals surface area contributed by atoms with Crippen LogP contribution in [0.3, 0.4) is 0 Å². The molecule has 1 aliphatic heterocycles. The van der Waals surface area contributed by atoms with Gasteiger partial charge in [0, 0.05) is 38.8 Å². The molecule has 1 atom stereocenters. The molecule has 0 saturated carbocycles. The van der Waals surface area contributed by atoms with Crippen LogP contribution < -0.4 is 4.74 Å². The van der Waals surface area contributed by atoms with Gasteiger partial charge >= 0.3 is 6.18 Å². The summed E-state index contributed by atoms with van der Waals surface area (Å²) in [7, 11) is 1.88. The van der Waals surface area contributed by atoms with Gasteiger partial charge in [-0.05, 0) is 36.2 Å². The molecule has 1 aromatic carbocycles. The second-order valence-electron chi connectivity index (χ2n) is 7.82. The van der Waals surface area contributed by atoms with Crippen molar-refractivity contribution in [2.45, 2.75) is 32.5 Å². The summed E-state index contributed by atoms with van der Waals surface area (Å²) in [6.07, 6.45) is -3.78. The molecule has 0 N–H and O–H groups in total. The molecule has 2 heterocycles. The third kappa shape index (κ3) is 5.96. The number of rotatable bonds is 7. The number of aryl methyl sites for hydroxylation is 1. The zero-order chi connectivity index (χ0) is 21.0. The number of halogens is 3. The first-order chi connectivity index (χ1) is 13.7. The van der Waals surface area contributed by atoms with Gasteiger partial charge in [0.1, 0.15) is 11.9 Å². The standard InChI is InChI=1S/C21H28F3N3O2/c1-15(2)13-27-9-11-29-20(14-27)19-12-17(26(3)25-19)8-10-28-18-6-4-16(5-7-18)21(22,23)24/h4-7,12,15,20H,8-11,13-14H2,1-3H3/t20-/m0/s1. The van der Waals surface area contributed by atoms with E-state index in [1.54, 1.807) is 0 Å². The normalized spacial score (nSPS) is 18.4. The molecule has 0 radical (unpaired) electrons. The summed E-state index contributed by atoms with van der Waals surface area (Å²) in [6, 6.07) is 6.77. The fraction of sp³-hybridized carbons (Fsp3) is 0.571. The number of ether oxygens (including phenoxy) is 2. The van der Waals surface area contributed by atoms with Gasteiger partial charge < -0.3 is 9.47 Å². The molecule has 1 aromatic heterocycles.